The largest absolute Gasteiger partial charge is 0.363 e. The minimum Gasteiger partial charge on any atom is -0.363 e. The number of nitrogens with zero attached hydrogens (tertiary/aromatic N) is 3. The first kappa shape index (κ1) is 11.2. The van der Waals surface area contributed by atoms with Crippen molar-refractivity contribution in [2.45, 2.75) is 6.92 Å². The summed E-state index contributed by atoms with van der Waals surface area (Å²) in [5.74, 6) is 1.81. The van der Waals surface area contributed by atoms with E-state index in [-0.39, 0.29) is 0 Å². The van der Waals surface area contributed by atoms with E-state index in [9.17, 15) is 0 Å². The van der Waals surface area contributed by atoms with E-state index in [0.717, 1.165) is 28.4 Å². The quantitative estimate of drug-likeness (QED) is 0.768. The highest BCUT2D eigenvalue weighted by Gasteiger charge is 2.10. The molecule has 0 bridgehead atoms. The van der Waals surface area contributed by atoms with E-state index in [1.807, 2.05) is 31.1 Å². The molecule has 0 saturated heterocycles. The van der Waals surface area contributed by atoms with Crippen molar-refractivity contribution in [2.75, 3.05) is 19.0 Å². The van der Waals surface area contributed by atoms with Crippen molar-refractivity contribution in [3.8, 4) is 11.4 Å². The molecule has 0 aliphatic rings. The maximum absolute atomic E-state index is 4.57. The summed E-state index contributed by atoms with van der Waals surface area (Å²) in [4.78, 5) is 14.4. The summed E-state index contributed by atoms with van der Waals surface area (Å²) in [6.07, 6.45) is 0. The van der Waals surface area contributed by atoms with Gasteiger partial charge in [0, 0.05) is 25.0 Å². The normalized spacial score (nSPS) is 11.1. The van der Waals surface area contributed by atoms with E-state index in [1.165, 1.54) is 5.56 Å². The predicted molar refractivity (Wildman–Crippen MR) is 76.3 cm³/mol. The van der Waals surface area contributed by atoms with Gasteiger partial charge in [-0.15, -0.1) is 0 Å². The number of aromatic nitrogens is 3. The lowest BCUT2D eigenvalue weighted by Gasteiger charge is -2.09. The molecular formula is C13H14N4S. The smallest absolute Gasteiger partial charge is 0.180 e. The Morgan fingerprint density at radius 1 is 1.17 bits per heavy atom. The van der Waals surface area contributed by atoms with Gasteiger partial charge >= 0.3 is 0 Å². The van der Waals surface area contributed by atoms with E-state index in [0.29, 0.717) is 0 Å². The highest BCUT2D eigenvalue weighted by molar-refractivity contribution is 7.08. The average Bonchev–Trinajstić information content (AvgIpc) is 2.92. The summed E-state index contributed by atoms with van der Waals surface area (Å²) in [6, 6.07) is 4.01. The second-order valence-electron chi connectivity index (χ2n) is 4.49. The minimum atomic E-state index is 0.766. The van der Waals surface area contributed by atoms with E-state index < -0.39 is 0 Å². The molecule has 0 radical (unpaired) electrons. The molecular weight excluding hydrogens is 244 g/mol. The van der Waals surface area contributed by atoms with Gasteiger partial charge in [0.15, 0.2) is 5.65 Å². The lowest BCUT2D eigenvalue weighted by Crippen LogP contribution is -2.10. The topological polar surface area (TPSA) is 44.8 Å². The fourth-order valence-electron chi connectivity index (χ4n) is 1.86. The summed E-state index contributed by atoms with van der Waals surface area (Å²) >= 11 is 1.69. The number of pyridine rings is 1. The van der Waals surface area contributed by atoms with Crippen LogP contribution in [-0.4, -0.2) is 29.0 Å². The van der Waals surface area contributed by atoms with E-state index in [4.69, 9.17) is 0 Å². The van der Waals surface area contributed by atoms with Crippen LogP contribution in [0.3, 0.4) is 0 Å². The van der Waals surface area contributed by atoms with Crippen LogP contribution in [0.1, 0.15) is 5.56 Å². The molecule has 3 heterocycles. The van der Waals surface area contributed by atoms with Crippen molar-refractivity contribution < 1.29 is 0 Å². The van der Waals surface area contributed by atoms with Crippen LogP contribution in [0.15, 0.2) is 22.9 Å². The molecule has 5 heteroatoms. The van der Waals surface area contributed by atoms with Crippen LogP contribution in [0.2, 0.25) is 0 Å². The second-order valence-corrected chi connectivity index (χ2v) is 5.23. The molecule has 0 aromatic carbocycles. The lowest BCUT2D eigenvalue weighted by atomic mass is 10.2. The van der Waals surface area contributed by atoms with E-state index >= 15 is 0 Å². The number of hydrogen-bond acceptors (Lipinski definition) is 4. The third kappa shape index (κ3) is 1.76. The molecule has 0 unspecified atom stereocenters. The molecule has 0 aliphatic heterocycles. The Bertz CT molecular complexity index is 696. The number of anilines is 1. The molecule has 92 valence electrons. The zero-order valence-corrected chi connectivity index (χ0v) is 11.4. The summed E-state index contributed by atoms with van der Waals surface area (Å²) in [5, 5.41) is 4.24. The SMILES string of the molecule is Cc1cscc1-c1nc2nc(N(C)C)ccc2[nH]1. The zero-order chi connectivity index (χ0) is 12.7. The molecule has 0 atom stereocenters. The van der Waals surface area contributed by atoms with Crippen LogP contribution in [-0.2, 0) is 0 Å². The van der Waals surface area contributed by atoms with Crippen LogP contribution in [0.5, 0.6) is 0 Å². The third-order valence-corrected chi connectivity index (χ3v) is 3.76. The van der Waals surface area contributed by atoms with Crippen molar-refractivity contribution in [1.29, 1.82) is 0 Å². The molecule has 18 heavy (non-hydrogen) atoms. The van der Waals surface area contributed by atoms with Crippen LogP contribution in [0.25, 0.3) is 22.6 Å². The molecule has 3 aromatic rings. The highest BCUT2D eigenvalue weighted by Crippen LogP contribution is 2.26. The lowest BCUT2D eigenvalue weighted by molar-refractivity contribution is 1.08. The first-order valence-corrected chi connectivity index (χ1v) is 6.66. The highest BCUT2D eigenvalue weighted by atomic mass is 32.1. The average molecular weight is 258 g/mol. The standard InChI is InChI=1S/C13H14N4S/c1-8-6-18-7-9(8)12-14-10-4-5-11(17(2)3)15-13(10)16-12/h4-7H,1-3H3,(H,14,15,16). The number of imidazole rings is 1. The number of rotatable bonds is 2. The fourth-order valence-corrected chi connectivity index (χ4v) is 2.70. The Balaban J connectivity index is 2.14. The zero-order valence-electron chi connectivity index (χ0n) is 10.6. The maximum atomic E-state index is 4.57. The van der Waals surface area contributed by atoms with Gasteiger partial charge in [0.25, 0.3) is 0 Å². The van der Waals surface area contributed by atoms with Crippen molar-refractivity contribution in [2.24, 2.45) is 0 Å². The molecule has 3 rings (SSSR count). The third-order valence-electron chi connectivity index (χ3n) is 2.90. The molecule has 0 fully saturated rings. The summed E-state index contributed by atoms with van der Waals surface area (Å²) in [6.45, 7) is 2.09. The van der Waals surface area contributed by atoms with Crippen LogP contribution < -0.4 is 4.90 Å². The number of fused-ring (bicyclic) bond motifs is 1. The number of nitrogens with one attached hydrogen (secondary N) is 1. The molecule has 1 N–H and O–H groups in total. The predicted octanol–water partition coefficient (Wildman–Crippen LogP) is 3.06. The van der Waals surface area contributed by atoms with Gasteiger partial charge in [-0.1, -0.05) is 0 Å². The van der Waals surface area contributed by atoms with Crippen LogP contribution >= 0.6 is 11.3 Å². The van der Waals surface area contributed by atoms with Crippen molar-refractivity contribution in [3.63, 3.8) is 0 Å². The van der Waals surface area contributed by atoms with Gasteiger partial charge in [0.2, 0.25) is 0 Å². The Kier molecular flexibility index (Phi) is 2.56. The Labute approximate surface area is 109 Å². The fraction of sp³-hybridized carbons (Fsp3) is 0.231. The first-order chi connectivity index (χ1) is 8.65. The van der Waals surface area contributed by atoms with Gasteiger partial charge in [0.05, 0.1) is 5.52 Å². The number of thiophene rings is 1. The van der Waals surface area contributed by atoms with Crippen molar-refractivity contribution in [3.05, 3.63) is 28.5 Å². The molecule has 0 amide bonds. The monoisotopic (exact) mass is 258 g/mol. The summed E-state index contributed by atoms with van der Waals surface area (Å²) in [7, 11) is 3.95. The van der Waals surface area contributed by atoms with Gasteiger partial charge in [-0.3, -0.25) is 0 Å². The van der Waals surface area contributed by atoms with Gasteiger partial charge in [-0.25, -0.2) is 9.97 Å². The van der Waals surface area contributed by atoms with E-state index in [2.05, 4.69) is 32.6 Å². The van der Waals surface area contributed by atoms with Crippen LogP contribution in [0, 0.1) is 6.92 Å². The van der Waals surface area contributed by atoms with Crippen molar-refractivity contribution in [1.82, 2.24) is 15.0 Å². The molecule has 0 saturated carbocycles. The summed E-state index contributed by atoms with van der Waals surface area (Å²) < 4.78 is 0. The van der Waals surface area contributed by atoms with Gasteiger partial charge < -0.3 is 9.88 Å². The molecule has 0 aliphatic carbocycles. The Morgan fingerprint density at radius 2 is 2.00 bits per heavy atom. The first-order valence-electron chi connectivity index (χ1n) is 5.72. The number of aryl methyl sites for hydroxylation is 1. The maximum Gasteiger partial charge on any atom is 0.180 e. The molecule has 3 aromatic heterocycles. The van der Waals surface area contributed by atoms with Gasteiger partial charge in [-0.05, 0) is 30.0 Å². The molecule has 0 spiro atoms. The number of aromatic amines is 1. The second kappa shape index (κ2) is 4.10. The van der Waals surface area contributed by atoms with Gasteiger partial charge in [-0.2, -0.15) is 11.3 Å². The number of hydrogen-bond donors (Lipinski definition) is 1. The van der Waals surface area contributed by atoms with Gasteiger partial charge in [0.1, 0.15) is 11.6 Å². The molecule has 4 nitrogen and oxygen atoms in total. The van der Waals surface area contributed by atoms with Crippen molar-refractivity contribution >= 4 is 28.3 Å². The summed E-state index contributed by atoms with van der Waals surface area (Å²) in [5.41, 5.74) is 4.14. The minimum absolute atomic E-state index is 0.766. The number of H-pyrrole nitrogens is 1. The Morgan fingerprint density at radius 3 is 2.67 bits per heavy atom. The van der Waals surface area contributed by atoms with E-state index in [1.54, 1.807) is 11.3 Å². The van der Waals surface area contributed by atoms with Crippen LogP contribution in [0.4, 0.5) is 5.82 Å². The Hall–Kier alpha value is -1.88.